The second kappa shape index (κ2) is 24.8. The zero-order chi connectivity index (χ0) is 47.5. The third-order valence-electron chi connectivity index (χ3n) is 14.9. The van der Waals surface area contributed by atoms with Crippen molar-refractivity contribution in [1.29, 1.82) is 0 Å². The minimum Gasteiger partial charge on any atom is -0.460 e. The number of cyclic esters (lactones) is 1. The maximum Gasteiger partial charge on any atom is 0.329 e. The Kier molecular flexibility index (Phi) is 20.8. The zero-order valence-electron chi connectivity index (χ0n) is 40.1. The Morgan fingerprint density at radius 3 is 2.27 bits per heavy atom. The van der Waals surface area contributed by atoms with E-state index in [1.54, 1.807) is 34.0 Å². The smallest absolute Gasteiger partial charge is 0.329 e. The summed E-state index contributed by atoms with van der Waals surface area (Å²) in [6, 6.07) is -1.15. The van der Waals surface area contributed by atoms with Crippen molar-refractivity contribution in [3.63, 3.8) is 0 Å². The van der Waals surface area contributed by atoms with E-state index in [2.05, 4.69) is 13.0 Å². The summed E-state index contributed by atoms with van der Waals surface area (Å²) in [4.78, 5) is 71.5. The van der Waals surface area contributed by atoms with Crippen molar-refractivity contribution < 1.29 is 63.3 Å². The number of ketones is 3. The van der Waals surface area contributed by atoms with Crippen LogP contribution in [0, 0.1) is 41.4 Å². The maximum absolute atomic E-state index is 14.3. The van der Waals surface area contributed by atoms with E-state index in [1.807, 2.05) is 26.8 Å². The molecule has 0 aromatic rings. The molecule has 3 fully saturated rings. The SMILES string of the molecule is CO[C@@H]1C[C@@H](C[C@@H](C)[C@@H]2CC(=O)[C@H](C)/C=C(/C)[C@@H](O)[C@@H](OC)C(=O)[C@H](C)C[C@H](C)CC/C=C/CC(C)[C@@H](O)C[C@@H]3CC[C@@H](C)[C@@](O)(O3)C(=O)C(=O)N3CCCC[C@H]3C(=O)O2)CC[C@H]1O. The van der Waals surface area contributed by atoms with E-state index in [0.29, 0.717) is 63.4 Å². The number of hydrogen-bond acceptors (Lipinski definition) is 13. The molecule has 0 aromatic heterocycles. The van der Waals surface area contributed by atoms with Gasteiger partial charge in [-0.05, 0) is 126 Å². The number of carbonyl (C=O) groups is 5. The van der Waals surface area contributed by atoms with E-state index in [9.17, 15) is 44.4 Å². The number of methoxy groups -OCH3 is 2. The summed E-state index contributed by atoms with van der Waals surface area (Å²) in [5, 5.41) is 44.9. The number of amides is 1. The van der Waals surface area contributed by atoms with Crippen LogP contribution in [0.3, 0.4) is 0 Å². The van der Waals surface area contributed by atoms with Gasteiger partial charge in [0.15, 0.2) is 5.78 Å². The number of piperidine rings is 1. The van der Waals surface area contributed by atoms with Gasteiger partial charge in [0.1, 0.15) is 30.1 Å². The number of esters is 1. The molecule has 2 saturated heterocycles. The van der Waals surface area contributed by atoms with Gasteiger partial charge in [-0.3, -0.25) is 19.2 Å². The molecule has 4 rings (SSSR count). The minimum atomic E-state index is -2.45. The fraction of sp³-hybridized carbons (Fsp3) is 0.820. The number of aliphatic hydroxyl groups excluding tert-OH is 3. The lowest BCUT2D eigenvalue weighted by atomic mass is 9.78. The van der Waals surface area contributed by atoms with Crippen LogP contribution >= 0.6 is 0 Å². The van der Waals surface area contributed by atoms with E-state index < -0.39 is 83.9 Å². The molecule has 0 aromatic carbocycles. The molecule has 1 amide bonds. The second-order valence-corrected chi connectivity index (χ2v) is 20.1. The number of fused-ring (bicyclic) bond motifs is 3. The van der Waals surface area contributed by atoms with Crippen molar-refractivity contribution in [2.75, 3.05) is 20.8 Å². The molecule has 364 valence electrons. The van der Waals surface area contributed by atoms with Gasteiger partial charge in [0.05, 0.1) is 24.4 Å². The van der Waals surface area contributed by atoms with Crippen molar-refractivity contribution >= 4 is 29.2 Å². The maximum atomic E-state index is 14.3. The average Bonchev–Trinajstić information content (AvgIpc) is 3.26. The Morgan fingerprint density at radius 2 is 1.58 bits per heavy atom. The fourth-order valence-corrected chi connectivity index (χ4v) is 10.3. The monoisotopic (exact) mass is 904 g/mol. The molecule has 4 N–H and O–H groups in total. The van der Waals surface area contributed by atoms with Crippen LogP contribution in [-0.4, -0.2) is 130 Å². The highest BCUT2D eigenvalue weighted by Gasteiger charge is 2.53. The Hall–Kier alpha value is -2.85. The number of rotatable bonds is 5. The summed E-state index contributed by atoms with van der Waals surface area (Å²) in [6.45, 7) is 12.8. The summed E-state index contributed by atoms with van der Waals surface area (Å²) in [6.07, 6.45) is 7.29. The number of aliphatic hydroxyl groups is 4. The highest BCUT2D eigenvalue weighted by atomic mass is 16.6. The second-order valence-electron chi connectivity index (χ2n) is 20.1. The van der Waals surface area contributed by atoms with Crippen molar-refractivity contribution in [2.45, 2.75) is 199 Å². The molecule has 64 heavy (non-hydrogen) atoms. The number of nitrogens with zero attached hydrogens (tertiary/aromatic N) is 1. The molecule has 1 saturated carbocycles. The number of carbonyl (C=O) groups excluding carboxylic acids is 5. The van der Waals surface area contributed by atoms with E-state index in [-0.39, 0.29) is 67.1 Å². The Morgan fingerprint density at radius 1 is 0.859 bits per heavy atom. The Labute approximate surface area is 381 Å². The van der Waals surface area contributed by atoms with Gasteiger partial charge in [-0.25, -0.2) is 4.79 Å². The first-order chi connectivity index (χ1) is 30.2. The van der Waals surface area contributed by atoms with Crippen LogP contribution in [0.4, 0.5) is 0 Å². The van der Waals surface area contributed by atoms with Gasteiger partial charge in [-0.15, -0.1) is 0 Å². The summed E-state index contributed by atoms with van der Waals surface area (Å²) < 4.78 is 23.4. The topological polar surface area (TPSA) is 206 Å². The van der Waals surface area contributed by atoms with Crippen molar-refractivity contribution in [3.8, 4) is 0 Å². The standard InChI is InChI=1S/C50H81NO13/c1-29-15-11-10-12-16-30(2)40(53)27-37-20-18-35(7)50(60,64-37)47(57)48(58)51-22-14-13-17-38(51)49(59)63-42(32(4)25-36-19-21-39(52)43(26-36)61-8)28-41(54)31(3)24-34(6)45(56)46(62-9)44(55)33(5)23-29/h10,12,24,29-33,35-40,42-43,45-46,52-53,56,60H,11,13-23,25-28H2,1-9H3/b12-10+,34-24-/t29-,30?,31-,32-,33-,35-,36-,37+,38+,39-,40+,42+,43-,45-,46+,50-/m1/s1. The fourth-order valence-electron chi connectivity index (χ4n) is 10.3. The summed E-state index contributed by atoms with van der Waals surface area (Å²) in [5.74, 6) is -7.95. The van der Waals surface area contributed by atoms with Gasteiger partial charge < -0.3 is 44.3 Å². The molecule has 1 aliphatic carbocycles. The molecule has 0 spiro atoms. The summed E-state index contributed by atoms with van der Waals surface area (Å²) in [5.41, 5.74) is 0.396. The largest absolute Gasteiger partial charge is 0.460 e. The van der Waals surface area contributed by atoms with Crippen LogP contribution < -0.4 is 0 Å². The van der Waals surface area contributed by atoms with E-state index >= 15 is 0 Å². The number of ether oxygens (including phenoxy) is 4. The van der Waals surface area contributed by atoms with E-state index in [4.69, 9.17) is 18.9 Å². The van der Waals surface area contributed by atoms with Gasteiger partial charge >= 0.3 is 5.97 Å². The molecule has 16 atom stereocenters. The third kappa shape index (κ3) is 14.1. The van der Waals surface area contributed by atoms with Crippen LogP contribution in [0.15, 0.2) is 23.8 Å². The molecule has 14 nitrogen and oxygen atoms in total. The molecule has 2 bridgehead atoms. The van der Waals surface area contributed by atoms with Crippen LogP contribution in [0.1, 0.15) is 145 Å². The van der Waals surface area contributed by atoms with Gasteiger partial charge in [-0.1, -0.05) is 59.8 Å². The van der Waals surface area contributed by atoms with E-state index in [1.165, 1.54) is 12.0 Å². The molecule has 3 aliphatic heterocycles. The molecule has 14 heteroatoms. The number of allylic oxidation sites excluding steroid dienone is 3. The van der Waals surface area contributed by atoms with E-state index in [0.717, 1.165) is 19.3 Å². The quantitative estimate of drug-likeness (QED) is 0.146. The Bertz CT molecular complexity index is 1630. The highest BCUT2D eigenvalue weighted by molar-refractivity contribution is 6.39. The minimum absolute atomic E-state index is 0.0794. The molecular weight excluding hydrogens is 823 g/mol. The lowest BCUT2D eigenvalue weighted by Gasteiger charge is -2.42. The first-order valence-corrected chi connectivity index (χ1v) is 24.2. The van der Waals surface area contributed by atoms with Gasteiger partial charge in [0.25, 0.3) is 11.7 Å². The lowest BCUT2D eigenvalue weighted by molar-refractivity contribution is -0.266. The normalized spacial score (nSPS) is 41.0. The van der Waals surface area contributed by atoms with Gasteiger partial charge in [0.2, 0.25) is 5.79 Å². The molecule has 4 aliphatic rings. The molecular formula is C50H81NO13. The van der Waals surface area contributed by atoms with Crippen LogP contribution in [0.25, 0.3) is 0 Å². The lowest BCUT2D eigenvalue weighted by Crippen LogP contribution is -2.61. The number of hydrogen-bond donors (Lipinski definition) is 4. The zero-order valence-corrected chi connectivity index (χ0v) is 40.1. The summed E-state index contributed by atoms with van der Waals surface area (Å²) >= 11 is 0. The highest BCUT2D eigenvalue weighted by Crippen LogP contribution is 2.38. The predicted molar refractivity (Wildman–Crippen MR) is 240 cm³/mol. The van der Waals surface area contributed by atoms with Gasteiger partial charge in [0, 0.05) is 44.9 Å². The van der Waals surface area contributed by atoms with Crippen molar-refractivity contribution in [1.82, 2.24) is 4.90 Å². The molecule has 3 heterocycles. The first kappa shape index (κ1) is 53.8. The average molecular weight is 904 g/mol. The van der Waals surface area contributed by atoms with Crippen LogP contribution in [0.2, 0.25) is 0 Å². The van der Waals surface area contributed by atoms with Crippen molar-refractivity contribution in [3.05, 3.63) is 23.8 Å². The Balaban J connectivity index is 1.66. The van der Waals surface area contributed by atoms with Crippen LogP contribution in [-0.2, 0) is 42.9 Å². The molecule has 1 unspecified atom stereocenters. The van der Waals surface area contributed by atoms with Crippen molar-refractivity contribution in [2.24, 2.45) is 41.4 Å². The predicted octanol–water partition coefficient (Wildman–Crippen LogP) is 5.83. The third-order valence-corrected chi connectivity index (χ3v) is 14.9. The molecule has 0 radical (unpaired) electrons. The van der Waals surface area contributed by atoms with Crippen LogP contribution in [0.5, 0.6) is 0 Å². The first-order valence-electron chi connectivity index (χ1n) is 24.2. The van der Waals surface area contributed by atoms with Gasteiger partial charge in [-0.2, -0.15) is 0 Å². The number of Topliss-reactive ketones (excluding diaryl/α,β-unsaturated/α-hetero) is 3. The summed E-state index contributed by atoms with van der Waals surface area (Å²) in [7, 11) is 2.95.